The van der Waals surface area contributed by atoms with Gasteiger partial charge in [0.25, 0.3) is 0 Å². The summed E-state index contributed by atoms with van der Waals surface area (Å²) in [5.74, 6) is -0.417. The zero-order valence-electron chi connectivity index (χ0n) is 8.54. The quantitative estimate of drug-likeness (QED) is 0.353. The molecule has 0 amide bonds. The summed E-state index contributed by atoms with van der Waals surface area (Å²) >= 11 is 0. The number of oxime groups is 1. The Hall–Kier alpha value is -1.91. The van der Waals surface area contributed by atoms with E-state index in [0.717, 1.165) is 6.21 Å². The van der Waals surface area contributed by atoms with Crippen LogP contribution in [-0.2, 0) is 4.74 Å². The van der Waals surface area contributed by atoms with Crippen LogP contribution in [-0.4, -0.2) is 28.5 Å². The fraction of sp³-hybridized carbons (Fsp3) is 0.300. The van der Waals surface area contributed by atoms with Crippen molar-refractivity contribution in [2.45, 2.75) is 20.0 Å². The van der Waals surface area contributed by atoms with E-state index in [2.05, 4.69) is 10.1 Å². The van der Waals surface area contributed by atoms with Gasteiger partial charge in [-0.3, -0.25) is 4.98 Å². The standard InChI is InChI=1S/C10H12N2O3/c1-7(2)15-10(13)8-3-4-11-9(5-8)6-12-14/h3-7,14H,1-2H3/b12-6+. The zero-order chi connectivity index (χ0) is 11.3. The van der Waals surface area contributed by atoms with E-state index in [9.17, 15) is 4.79 Å². The van der Waals surface area contributed by atoms with Crippen molar-refractivity contribution in [2.75, 3.05) is 0 Å². The molecule has 1 heterocycles. The highest BCUT2D eigenvalue weighted by molar-refractivity contribution is 5.91. The smallest absolute Gasteiger partial charge is 0.338 e. The summed E-state index contributed by atoms with van der Waals surface area (Å²) in [5, 5.41) is 11.1. The topological polar surface area (TPSA) is 71.8 Å². The van der Waals surface area contributed by atoms with Crippen LogP contribution in [0.3, 0.4) is 0 Å². The Labute approximate surface area is 87.4 Å². The Balaban J connectivity index is 2.85. The molecule has 0 atom stereocenters. The molecule has 0 aliphatic rings. The van der Waals surface area contributed by atoms with Crippen molar-refractivity contribution in [3.8, 4) is 0 Å². The van der Waals surface area contributed by atoms with E-state index in [0.29, 0.717) is 11.3 Å². The van der Waals surface area contributed by atoms with Crippen molar-refractivity contribution in [3.63, 3.8) is 0 Å². The number of nitrogens with zero attached hydrogens (tertiary/aromatic N) is 2. The molecule has 1 rings (SSSR count). The van der Waals surface area contributed by atoms with E-state index >= 15 is 0 Å². The van der Waals surface area contributed by atoms with Crippen molar-refractivity contribution < 1.29 is 14.7 Å². The van der Waals surface area contributed by atoms with E-state index in [1.165, 1.54) is 12.3 Å². The van der Waals surface area contributed by atoms with Crippen LogP contribution in [0, 0.1) is 0 Å². The van der Waals surface area contributed by atoms with E-state index in [1.54, 1.807) is 19.9 Å². The van der Waals surface area contributed by atoms with Gasteiger partial charge in [0.2, 0.25) is 0 Å². The van der Waals surface area contributed by atoms with Crippen molar-refractivity contribution >= 4 is 12.2 Å². The molecule has 0 saturated carbocycles. The predicted octanol–water partition coefficient (Wildman–Crippen LogP) is 1.45. The number of aromatic nitrogens is 1. The third-order valence-corrected chi connectivity index (χ3v) is 1.55. The molecular weight excluding hydrogens is 196 g/mol. The highest BCUT2D eigenvalue weighted by atomic mass is 16.5. The van der Waals surface area contributed by atoms with Crippen LogP contribution in [0.25, 0.3) is 0 Å². The second-order valence-electron chi connectivity index (χ2n) is 3.17. The largest absolute Gasteiger partial charge is 0.459 e. The van der Waals surface area contributed by atoms with Gasteiger partial charge in [0, 0.05) is 6.20 Å². The fourth-order valence-electron chi connectivity index (χ4n) is 0.987. The molecule has 0 saturated heterocycles. The second kappa shape index (κ2) is 5.09. The highest BCUT2D eigenvalue weighted by Gasteiger charge is 2.09. The third kappa shape index (κ3) is 3.38. The molecule has 5 nitrogen and oxygen atoms in total. The van der Waals surface area contributed by atoms with Gasteiger partial charge in [-0.15, -0.1) is 0 Å². The molecule has 1 aromatic rings. The monoisotopic (exact) mass is 208 g/mol. The van der Waals surface area contributed by atoms with Crippen LogP contribution in [0.5, 0.6) is 0 Å². The first-order chi connectivity index (χ1) is 7.13. The van der Waals surface area contributed by atoms with E-state index in [1.807, 2.05) is 0 Å². The summed E-state index contributed by atoms with van der Waals surface area (Å²) in [6.45, 7) is 3.55. The minimum Gasteiger partial charge on any atom is -0.459 e. The summed E-state index contributed by atoms with van der Waals surface area (Å²) in [5.41, 5.74) is 0.782. The van der Waals surface area contributed by atoms with Crippen molar-refractivity contribution in [1.82, 2.24) is 4.98 Å². The lowest BCUT2D eigenvalue weighted by Gasteiger charge is -2.07. The van der Waals surface area contributed by atoms with Crippen LogP contribution in [0.4, 0.5) is 0 Å². The Morgan fingerprint density at radius 2 is 2.40 bits per heavy atom. The number of ether oxygens (including phenoxy) is 1. The normalized spacial score (nSPS) is 10.9. The number of carbonyl (C=O) groups excluding carboxylic acids is 1. The Bertz CT molecular complexity index is 375. The van der Waals surface area contributed by atoms with Gasteiger partial charge in [-0.2, -0.15) is 0 Å². The van der Waals surface area contributed by atoms with Gasteiger partial charge >= 0.3 is 5.97 Å². The summed E-state index contributed by atoms with van der Waals surface area (Å²) in [6.07, 6.45) is 2.43. The fourth-order valence-corrected chi connectivity index (χ4v) is 0.987. The van der Waals surface area contributed by atoms with Crippen LogP contribution in [0.2, 0.25) is 0 Å². The Kier molecular flexibility index (Phi) is 3.79. The van der Waals surface area contributed by atoms with Crippen LogP contribution >= 0.6 is 0 Å². The molecule has 0 aromatic carbocycles. The van der Waals surface area contributed by atoms with Gasteiger partial charge in [0.15, 0.2) is 0 Å². The SMILES string of the molecule is CC(C)OC(=O)c1ccnc(/C=N/O)c1. The maximum Gasteiger partial charge on any atom is 0.338 e. The van der Waals surface area contributed by atoms with E-state index in [4.69, 9.17) is 9.94 Å². The molecule has 0 spiro atoms. The number of rotatable bonds is 3. The lowest BCUT2D eigenvalue weighted by Crippen LogP contribution is -2.12. The molecule has 1 N–H and O–H groups in total. The van der Waals surface area contributed by atoms with E-state index in [-0.39, 0.29) is 6.10 Å². The highest BCUT2D eigenvalue weighted by Crippen LogP contribution is 2.04. The number of carbonyl (C=O) groups is 1. The first kappa shape index (κ1) is 11.2. The minimum absolute atomic E-state index is 0.166. The number of hydrogen-bond acceptors (Lipinski definition) is 5. The maximum atomic E-state index is 11.5. The summed E-state index contributed by atoms with van der Waals surface area (Å²) in [4.78, 5) is 15.3. The third-order valence-electron chi connectivity index (χ3n) is 1.55. The first-order valence-corrected chi connectivity index (χ1v) is 4.48. The van der Waals surface area contributed by atoms with Crippen molar-refractivity contribution in [3.05, 3.63) is 29.6 Å². The van der Waals surface area contributed by atoms with Crippen LogP contribution in [0.15, 0.2) is 23.5 Å². The van der Waals surface area contributed by atoms with Crippen LogP contribution < -0.4 is 0 Å². The number of pyridine rings is 1. The number of hydrogen-bond donors (Lipinski definition) is 1. The average Bonchev–Trinajstić information content (AvgIpc) is 2.17. The molecule has 0 aliphatic heterocycles. The van der Waals surface area contributed by atoms with E-state index < -0.39 is 5.97 Å². The molecule has 0 fully saturated rings. The van der Waals surface area contributed by atoms with Gasteiger partial charge in [0.05, 0.1) is 23.6 Å². The summed E-state index contributed by atoms with van der Waals surface area (Å²) in [6, 6.07) is 3.03. The van der Waals surface area contributed by atoms with Gasteiger partial charge < -0.3 is 9.94 Å². The summed E-state index contributed by atoms with van der Waals surface area (Å²) in [7, 11) is 0. The van der Waals surface area contributed by atoms with Gasteiger partial charge in [-0.05, 0) is 26.0 Å². The molecule has 15 heavy (non-hydrogen) atoms. The summed E-state index contributed by atoms with van der Waals surface area (Å²) < 4.78 is 5.00. The molecular formula is C10H12N2O3. The lowest BCUT2D eigenvalue weighted by molar-refractivity contribution is 0.0377. The van der Waals surface area contributed by atoms with Gasteiger partial charge in [0.1, 0.15) is 0 Å². The predicted molar refractivity (Wildman–Crippen MR) is 54.2 cm³/mol. The number of esters is 1. The molecule has 0 aliphatic carbocycles. The Morgan fingerprint density at radius 1 is 1.67 bits per heavy atom. The lowest BCUT2D eigenvalue weighted by atomic mass is 10.2. The molecule has 1 aromatic heterocycles. The second-order valence-corrected chi connectivity index (χ2v) is 3.17. The molecule has 5 heteroatoms. The van der Waals surface area contributed by atoms with Crippen LogP contribution in [0.1, 0.15) is 29.9 Å². The van der Waals surface area contributed by atoms with Crippen molar-refractivity contribution in [1.29, 1.82) is 0 Å². The van der Waals surface area contributed by atoms with Gasteiger partial charge in [-0.25, -0.2) is 4.79 Å². The zero-order valence-corrected chi connectivity index (χ0v) is 8.54. The van der Waals surface area contributed by atoms with Crippen molar-refractivity contribution in [2.24, 2.45) is 5.16 Å². The maximum absolute atomic E-state index is 11.5. The minimum atomic E-state index is -0.417. The Morgan fingerprint density at radius 3 is 3.00 bits per heavy atom. The first-order valence-electron chi connectivity index (χ1n) is 4.48. The average molecular weight is 208 g/mol. The van der Waals surface area contributed by atoms with Gasteiger partial charge in [-0.1, -0.05) is 5.16 Å². The molecule has 80 valence electrons. The molecule has 0 bridgehead atoms. The molecule has 0 unspecified atom stereocenters. The molecule has 0 radical (unpaired) electrons.